The predicted octanol–water partition coefficient (Wildman–Crippen LogP) is 6.69. The van der Waals surface area contributed by atoms with Gasteiger partial charge in [-0.25, -0.2) is 4.57 Å². The third-order valence-corrected chi connectivity index (χ3v) is 6.06. The standard InChI is InChI=1S/C27H20NO/c1-17-21(26-22-10-6-5-7-18(22)13-14-28(26)2)11-12-23-24-15-19-8-3-4-9-20(19)16-25(24)29-27(17)23/h3-16H,1-2H3/q+1. The van der Waals surface area contributed by atoms with Gasteiger partial charge in [-0.1, -0.05) is 42.5 Å². The molecule has 2 heteroatoms. The quantitative estimate of drug-likeness (QED) is 0.293. The number of fused-ring (bicyclic) bond motifs is 5. The van der Waals surface area contributed by atoms with Crippen LogP contribution >= 0.6 is 0 Å². The van der Waals surface area contributed by atoms with Crippen molar-refractivity contribution in [2.45, 2.75) is 6.92 Å². The summed E-state index contributed by atoms with van der Waals surface area (Å²) in [5.41, 5.74) is 5.52. The molecule has 4 aromatic carbocycles. The first-order chi connectivity index (χ1) is 14.2. The van der Waals surface area contributed by atoms with E-state index in [4.69, 9.17) is 4.42 Å². The van der Waals surface area contributed by atoms with Crippen LogP contribution in [-0.4, -0.2) is 0 Å². The zero-order chi connectivity index (χ0) is 19.5. The van der Waals surface area contributed by atoms with Gasteiger partial charge in [0.25, 0.3) is 0 Å². The van der Waals surface area contributed by atoms with E-state index >= 15 is 0 Å². The molecule has 0 fully saturated rings. The van der Waals surface area contributed by atoms with Crippen molar-refractivity contribution in [3.8, 4) is 11.3 Å². The first-order valence-electron chi connectivity index (χ1n) is 9.93. The molecule has 29 heavy (non-hydrogen) atoms. The molecule has 0 spiro atoms. The van der Waals surface area contributed by atoms with Crippen molar-refractivity contribution in [1.29, 1.82) is 0 Å². The molecule has 0 N–H and O–H groups in total. The maximum absolute atomic E-state index is 6.40. The summed E-state index contributed by atoms with van der Waals surface area (Å²) in [6.45, 7) is 2.17. The lowest BCUT2D eigenvalue weighted by atomic mass is 9.97. The fraction of sp³-hybridized carbons (Fsp3) is 0.0741. The van der Waals surface area contributed by atoms with Crippen molar-refractivity contribution in [1.82, 2.24) is 0 Å². The number of hydrogen-bond donors (Lipinski definition) is 0. The number of hydrogen-bond acceptors (Lipinski definition) is 1. The van der Waals surface area contributed by atoms with E-state index in [1.165, 1.54) is 49.1 Å². The minimum Gasteiger partial charge on any atom is -0.456 e. The van der Waals surface area contributed by atoms with Crippen molar-refractivity contribution >= 4 is 43.5 Å². The summed E-state index contributed by atoms with van der Waals surface area (Å²) >= 11 is 0. The molecule has 2 aromatic heterocycles. The zero-order valence-electron chi connectivity index (χ0n) is 16.4. The summed E-state index contributed by atoms with van der Waals surface area (Å²) in [6.07, 6.45) is 2.13. The van der Waals surface area contributed by atoms with Crippen molar-refractivity contribution in [2.24, 2.45) is 7.05 Å². The van der Waals surface area contributed by atoms with E-state index in [0.717, 1.165) is 11.2 Å². The predicted molar refractivity (Wildman–Crippen MR) is 120 cm³/mol. The number of rotatable bonds is 1. The van der Waals surface area contributed by atoms with Gasteiger partial charge in [0.15, 0.2) is 6.20 Å². The molecule has 0 aliphatic carbocycles. The van der Waals surface area contributed by atoms with Crippen LogP contribution in [0.5, 0.6) is 0 Å². The van der Waals surface area contributed by atoms with E-state index in [2.05, 4.69) is 104 Å². The molecule has 6 rings (SSSR count). The molecule has 0 saturated carbocycles. The maximum atomic E-state index is 6.40. The van der Waals surface area contributed by atoms with Gasteiger partial charge in [0.1, 0.15) is 18.2 Å². The van der Waals surface area contributed by atoms with Crippen LogP contribution < -0.4 is 4.57 Å². The highest BCUT2D eigenvalue weighted by Gasteiger charge is 2.20. The summed E-state index contributed by atoms with van der Waals surface area (Å²) in [4.78, 5) is 0. The molecule has 0 bridgehead atoms. The van der Waals surface area contributed by atoms with Crippen LogP contribution in [0, 0.1) is 6.92 Å². The molecule has 2 heterocycles. The Morgan fingerprint density at radius 3 is 2.24 bits per heavy atom. The maximum Gasteiger partial charge on any atom is 0.220 e. The number of nitrogens with zero attached hydrogens (tertiary/aromatic N) is 1. The topological polar surface area (TPSA) is 17.0 Å². The number of benzene rings is 4. The van der Waals surface area contributed by atoms with Crippen LogP contribution in [0.25, 0.3) is 54.7 Å². The Hall–Kier alpha value is -3.65. The summed E-state index contributed by atoms with van der Waals surface area (Å²) in [6, 6.07) is 28.0. The first kappa shape index (κ1) is 16.3. The van der Waals surface area contributed by atoms with Gasteiger partial charge in [0.2, 0.25) is 5.69 Å². The molecule has 6 aromatic rings. The van der Waals surface area contributed by atoms with Crippen molar-refractivity contribution in [3.05, 3.63) is 90.6 Å². The van der Waals surface area contributed by atoms with E-state index in [9.17, 15) is 0 Å². The molecule has 0 amide bonds. The number of furan rings is 1. The second-order valence-electron chi connectivity index (χ2n) is 7.77. The van der Waals surface area contributed by atoms with Gasteiger partial charge < -0.3 is 4.42 Å². The summed E-state index contributed by atoms with van der Waals surface area (Å²) in [5.74, 6) is 0. The van der Waals surface area contributed by atoms with Crippen LogP contribution in [0.1, 0.15) is 5.56 Å². The minimum atomic E-state index is 0.946. The first-order valence-corrected chi connectivity index (χ1v) is 9.93. The van der Waals surface area contributed by atoms with Crippen LogP contribution in [0.3, 0.4) is 0 Å². The Kier molecular flexibility index (Phi) is 3.33. The molecule has 0 atom stereocenters. The van der Waals surface area contributed by atoms with Gasteiger partial charge in [0, 0.05) is 22.4 Å². The molecule has 0 aliphatic rings. The summed E-state index contributed by atoms with van der Waals surface area (Å²) in [7, 11) is 2.11. The Labute approximate surface area is 168 Å². The van der Waals surface area contributed by atoms with Gasteiger partial charge >= 0.3 is 0 Å². The molecular formula is C27H20NO+. The fourth-order valence-corrected chi connectivity index (χ4v) is 4.57. The van der Waals surface area contributed by atoms with E-state index in [-0.39, 0.29) is 0 Å². The van der Waals surface area contributed by atoms with Gasteiger partial charge in [-0.05, 0) is 53.4 Å². The van der Waals surface area contributed by atoms with E-state index in [0.29, 0.717) is 0 Å². The highest BCUT2D eigenvalue weighted by molar-refractivity contribution is 6.12. The van der Waals surface area contributed by atoms with Crippen LogP contribution in [0.4, 0.5) is 0 Å². The largest absolute Gasteiger partial charge is 0.456 e. The van der Waals surface area contributed by atoms with E-state index in [1.54, 1.807) is 0 Å². The fourth-order valence-electron chi connectivity index (χ4n) is 4.57. The Balaban J connectivity index is 1.70. The highest BCUT2D eigenvalue weighted by atomic mass is 16.3. The van der Waals surface area contributed by atoms with Crippen LogP contribution in [-0.2, 0) is 7.05 Å². The van der Waals surface area contributed by atoms with Crippen molar-refractivity contribution in [3.63, 3.8) is 0 Å². The molecule has 138 valence electrons. The van der Waals surface area contributed by atoms with Gasteiger partial charge in [-0.15, -0.1) is 0 Å². The van der Waals surface area contributed by atoms with Crippen LogP contribution in [0.2, 0.25) is 0 Å². The Bertz CT molecular complexity index is 1570. The van der Waals surface area contributed by atoms with Crippen molar-refractivity contribution in [2.75, 3.05) is 0 Å². The average Bonchev–Trinajstić information content (AvgIpc) is 3.11. The smallest absolute Gasteiger partial charge is 0.220 e. The van der Waals surface area contributed by atoms with Gasteiger partial charge in [-0.2, -0.15) is 0 Å². The molecule has 0 unspecified atom stereocenters. The normalized spacial score (nSPS) is 11.8. The second kappa shape index (κ2) is 5.92. The average molecular weight is 374 g/mol. The van der Waals surface area contributed by atoms with Gasteiger partial charge in [-0.3, -0.25) is 0 Å². The molecular weight excluding hydrogens is 354 g/mol. The molecule has 0 aliphatic heterocycles. The number of aromatic nitrogens is 1. The zero-order valence-corrected chi connectivity index (χ0v) is 16.4. The lowest BCUT2D eigenvalue weighted by Crippen LogP contribution is -2.30. The highest BCUT2D eigenvalue weighted by Crippen LogP contribution is 2.38. The third-order valence-electron chi connectivity index (χ3n) is 6.06. The monoisotopic (exact) mass is 374 g/mol. The minimum absolute atomic E-state index is 0.946. The molecule has 0 saturated heterocycles. The lowest BCUT2D eigenvalue weighted by molar-refractivity contribution is -0.659. The summed E-state index contributed by atoms with van der Waals surface area (Å²) in [5, 5.41) is 7.30. The molecule has 2 nitrogen and oxygen atoms in total. The third kappa shape index (κ3) is 2.32. The second-order valence-corrected chi connectivity index (χ2v) is 7.77. The van der Waals surface area contributed by atoms with E-state index < -0.39 is 0 Å². The lowest BCUT2D eigenvalue weighted by Gasteiger charge is -2.08. The SMILES string of the molecule is Cc1c(-c2c3ccccc3cc[n+]2C)ccc2c1oc1cc3ccccc3cc12. The Morgan fingerprint density at radius 2 is 1.41 bits per heavy atom. The molecule has 0 radical (unpaired) electrons. The van der Waals surface area contributed by atoms with Crippen molar-refractivity contribution < 1.29 is 8.98 Å². The van der Waals surface area contributed by atoms with Gasteiger partial charge in [0.05, 0.1) is 10.9 Å². The van der Waals surface area contributed by atoms with Crippen LogP contribution in [0.15, 0.2) is 89.5 Å². The number of pyridine rings is 1. The Morgan fingerprint density at radius 1 is 0.690 bits per heavy atom. The number of aryl methyl sites for hydroxylation is 2. The summed E-state index contributed by atoms with van der Waals surface area (Å²) < 4.78 is 8.60. The van der Waals surface area contributed by atoms with E-state index in [1.807, 2.05) is 0 Å².